The molecule has 2 rings (SSSR count). The second-order valence-electron chi connectivity index (χ2n) is 5.33. The summed E-state index contributed by atoms with van der Waals surface area (Å²) in [6, 6.07) is 4.05. The van der Waals surface area contributed by atoms with Gasteiger partial charge in [-0.3, -0.25) is 9.78 Å². The number of hydrogen-bond donors (Lipinski definition) is 2. The average Bonchev–Trinajstić information content (AvgIpc) is 2.89. The van der Waals surface area contributed by atoms with Crippen LogP contribution in [0.25, 0.3) is 0 Å². The molecule has 0 saturated heterocycles. The van der Waals surface area contributed by atoms with Gasteiger partial charge in [-0.15, -0.1) is 0 Å². The van der Waals surface area contributed by atoms with E-state index in [0.717, 1.165) is 36.1 Å². The fraction of sp³-hybridized carbons (Fsp3) is 0.467. The number of furan rings is 1. The molecule has 0 saturated carbocycles. The van der Waals surface area contributed by atoms with Crippen LogP contribution < -0.4 is 10.9 Å². The zero-order valence-corrected chi connectivity index (χ0v) is 14.0. The van der Waals surface area contributed by atoms with Gasteiger partial charge in [0.25, 0.3) is 5.56 Å². The SMILES string of the molecule is Cc1cnc(NCCSCc2ccc(CN(C)C)o2)[nH]c1=O. The molecule has 7 heteroatoms. The Kier molecular flexibility index (Phi) is 6.09. The highest BCUT2D eigenvalue weighted by molar-refractivity contribution is 7.98. The van der Waals surface area contributed by atoms with Crippen LogP contribution in [0, 0.1) is 6.92 Å². The standard InChI is InChI=1S/C15H22N4O2S/c1-11-8-17-15(18-14(11)20)16-6-7-22-10-13-5-4-12(21-13)9-19(2)3/h4-5,8H,6-7,9-10H2,1-3H3,(H2,16,17,18,20). The third kappa shape index (κ3) is 5.23. The summed E-state index contributed by atoms with van der Waals surface area (Å²) >= 11 is 1.78. The molecule has 0 aliphatic carbocycles. The van der Waals surface area contributed by atoms with Gasteiger partial charge in [-0.1, -0.05) is 0 Å². The first-order chi connectivity index (χ1) is 10.5. The Morgan fingerprint density at radius 3 is 2.86 bits per heavy atom. The summed E-state index contributed by atoms with van der Waals surface area (Å²) < 4.78 is 5.75. The molecule has 2 N–H and O–H groups in total. The number of anilines is 1. The predicted molar refractivity (Wildman–Crippen MR) is 90.3 cm³/mol. The number of H-pyrrole nitrogens is 1. The van der Waals surface area contributed by atoms with Gasteiger partial charge in [0, 0.05) is 24.1 Å². The number of hydrogen-bond acceptors (Lipinski definition) is 6. The van der Waals surface area contributed by atoms with E-state index >= 15 is 0 Å². The molecule has 2 aromatic heterocycles. The molecule has 0 unspecified atom stereocenters. The summed E-state index contributed by atoms with van der Waals surface area (Å²) in [5.41, 5.74) is 0.514. The second-order valence-corrected chi connectivity index (χ2v) is 6.43. The topological polar surface area (TPSA) is 74.2 Å². The summed E-state index contributed by atoms with van der Waals surface area (Å²) in [7, 11) is 4.04. The molecule has 0 amide bonds. The molecule has 0 spiro atoms. The van der Waals surface area contributed by atoms with Gasteiger partial charge in [0.15, 0.2) is 0 Å². The quantitative estimate of drug-likeness (QED) is 0.725. The number of aromatic amines is 1. The molecule has 2 aromatic rings. The summed E-state index contributed by atoms with van der Waals surface area (Å²) in [6.45, 7) is 3.29. The molecular weight excluding hydrogens is 300 g/mol. The van der Waals surface area contributed by atoms with Crippen molar-refractivity contribution in [3.8, 4) is 0 Å². The number of aromatic nitrogens is 2. The number of nitrogens with zero attached hydrogens (tertiary/aromatic N) is 2. The lowest BCUT2D eigenvalue weighted by molar-refractivity contribution is 0.344. The van der Waals surface area contributed by atoms with Gasteiger partial charge >= 0.3 is 0 Å². The number of aryl methyl sites for hydroxylation is 1. The van der Waals surface area contributed by atoms with E-state index in [-0.39, 0.29) is 5.56 Å². The molecule has 0 aromatic carbocycles. The summed E-state index contributed by atoms with van der Waals surface area (Å²) in [5.74, 6) is 4.24. The van der Waals surface area contributed by atoms with Gasteiger partial charge in [0.2, 0.25) is 5.95 Å². The lowest BCUT2D eigenvalue weighted by Gasteiger charge is -2.06. The average molecular weight is 322 g/mol. The van der Waals surface area contributed by atoms with E-state index in [0.29, 0.717) is 11.5 Å². The molecule has 0 radical (unpaired) electrons. The molecule has 0 atom stereocenters. The first-order valence-electron chi connectivity index (χ1n) is 7.14. The molecule has 2 heterocycles. The number of thioether (sulfide) groups is 1. The Bertz CT molecular complexity index is 651. The minimum Gasteiger partial charge on any atom is -0.464 e. The molecule has 120 valence electrons. The number of rotatable bonds is 8. The van der Waals surface area contributed by atoms with Gasteiger partial charge in [0.05, 0.1) is 12.3 Å². The van der Waals surface area contributed by atoms with Gasteiger partial charge in [-0.2, -0.15) is 11.8 Å². The van der Waals surface area contributed by atoms with Crippen LogP contribution in [-0.4, -0.2) is 41.3 Å². The van der Waals surface area contributed by atoms with Crippen LogP contribution in [-0.2, 0) is 12.3 Å². The molecule has 6 nitrogen and oxygen atoms in total. The number of nitrogens with one attached hydrogen (secondary N) is 2. The zero-order valence-electron chi connectivity index (χ0n) is 13.2. The Balaban J connectivity index is 1.67. The van der Waals surface area contributed by atoms with Crippen LogP contribution in [0.2, 0.25) is 0 Å². The van der Waals surface area contributed by atoms with Gasteiger partial charge in [-0.05, 0) is 33.2 Å². The molecule has 22 heavy (non-hydrogen) atoms. The summed E-state index contributed by atoms with van der Waals surface area (Å²) in [6.07, 6.45) is 1.57. The van der Waals surface area contributed by atoms with E-state index in [1.807, 2.05) is 26.2 Å². The van der Waals surface area contributed by atoms with Crippen LogP contribution in [0.15, 0.2) is 27.5 Å². The van der Waals surface area contributed by atoms with Gasteiger partial charge in [0.1, 0.15) is 11.5 Å². The minimum atomic E-state index is -0.103. The first-order valence-corrected chi connectivity index (χ1v) is 8.30. The largest absolute Gasteiger partial charge is 0.464 e. The Morgan fingerprint density at radius 1 is 1.36 bits per heavy atom. The zero-order chi connectivity index (χ0) is 15.9. The van der Waals surface area contributed by atoms with E-state index in [1.54, 1.807) is 24.9 Å². The molecular formula is C15H22N4O2S. The highest BCUT2D eigenvalue weighted by Crippen LogP contribution is 2.16. The van der Waals surface area contributed by atoms with E-state index in [1.165, 1.54) is 0 Å². The van der Waals surface area contributed by atoms with Gasteiger partial charge in [-0.25, -0.2) is 4.98 Å². The van der Waals surface area contributed by atoms with Crippen molar-refractivity contribution in [3.05, 3.63) is 45.8 Å². The third-order valence-electron chi connectivity index (χ3n) is 2.95. The molecule has 0 fully saturated rings. The Hall–Kier alpha value is -1.73. The van der Waals surface area contributed by atoms with Crippen molar-refractivity contribution in [1.29, 1.82) is 0 Å². The van der Waals surface area contributed by atoms with E-state index in [9.17, 15) is 4.79 Å². The van der Waals surface area contributed by atoms with Crippen LogP contribution in [0.3, 0.4) is 0 Å². The highest BCUT2D eigenvalue weighted by atomic mass is 32.2. The van der Waals surface area contributed by atoms with Crippen molar-refractivity contribution in [1.82, 2.24) is 14.9 Å². The maximum atomic E-state index is 11.4. The minimum absolute atomic E-state index is 0.103. The second kappa shape index (κ2) is 8.05. The van der Waals surface area contributed by atoms with E-state index in [2.05, 4.69) is 20.2 Å². The van der Waals surface area contributed by atoms with Crippen LogP contribution >= 0.6 is 11.8 Å². The normalized spacial score (nSPS) is 11.1. The Labute approximate surface area is 134 Å². The van der Waals surface area contributed by atoms with Crippen molar-refractivity contribution in [3.63, 3.8) is 0 Å². The first kappa shape index (κ1) is 16.6. The highest BCUT2D eigenvalue weighted by Gasteiger charge is 2.03. The molecule has 0 bridgehead atoms. The van der Waals surface area contributed by atoms with Crippen molar-refractivity contribution < 1.29 is 4.42 Å². The summed E-state index contributed by atoms with van der Waals surface area (Å²) in [4.78, 5) is 20.3. The smallest absolute Gasteiger partial charge is 0.255 e. The van der Waals surface area contributed by atoms with Crippen molar-refractivity contribution in [2.24, 2.45) is 0 Å². The summed E-state index contributed by atoms with van der Waals surface area (Å²) in [5, 5.41) is 3.11. The van der Waals surface area contributed by atoms with Gasteiger partial charge < -0.3 is 14.6 Å². The predicted octanol–water partition coefficient (Wildman–Crippen LogP) is 2.08. The monoisotopic (exact) mass is 322 g/mol. The fourth-order valence-corrected chi connectivity index (χ4v) is 2.61. The van der Waals surface area contributed by atoms with Crippen molar-refractivity contribution in [2.75, 3.05) is 31.7 Å². The molecule has 0 aliphatic heterocycles. The van der Waals surface area contributed by atoms with E-state index < -0.39 is 0 Å². The Morgan fingerprint density at radius 2 is 2.14 bits per heavy atom. The fourth-order valence-electron chi connectivity index (χ4n) is 1.86. The van der Waals surface area contributed by atoms with E-state index in [4.69, 9.17) is 4.42 Å². The van der Waals surface area contributed by atoms with Crippen LogP contribution in [0.1, 0.15) is 17.1 Å². The maximum absolute atomic E-state index is 11.4. The lowest BCUT2D eigenvalue weighted by Crippen LogP contribution is -2.15. The van der Waals surface area contributed by atoms with Crippen LogP contribution in [0.4, 0.5) is 5.95 Å². The van der Waals surface area contributed by atoms with Crippen LogP contribution in [0.5, 0.6) is 0 Å². The van der Waals surface area contributed by atoms with Crippen molar-refractivity contribution in [2.45, 2.75) is 19.2 Å². The third-order valence-corrected chi connectivity index (χ3v) is 3.93. The van der Waals surface area contributed by atoms with Crippen molar-refractivity contribution >= 4 is 17.7 Å². The lowest BCUT2D eigenvalue weighted by atomic mass is 10.4. The molecule has 0 aliphatic rings. The maximum Gasteiger partial charge on any atom is 0.255 e.